The minimum atomic E-state index is -1.01. The summed E-state index contributed by atoms with van der Waals surface area (Å²) in [6, 6.07) is 0. The summed E-state index contributed by atoms with van der Waals surface area (Å²) >= 11 is 0. The lowest BCUT2D eigenvalue weighted by atomic mass is 10.1. The second kappa shape index (κ2) is 5.44. The van der Waals surface area contributed by atoms with Crippen molar-refractivity contribution >= 4 is 12.0 Å². The highest BCUT2D eigenvalue weighted by Gasteiger charge is 2.27. The molecule has 1 aliphatic rings. The third-order valence-corrected chi connectivity index (χ3v) is 2.87. The molecule has 0 saturated carbocycles. The fourth-order valence-electron chi connectivity index (χ4n) is 1.96. The van der Waals surface area contributed by atoms with Gasteiger partial charge in [-0.25, -0.2) is 14.8 Å². The zero-order chi connectivity index (χ0) is 13.0. The maximum absolute atomic E-state index is 11.9. The van der Waals surface area contributed by atoms with Gasteiger partial charge in [-0.2, -0.15) is 0 Å². The Hall–Kier alpha value is -2.18. The molecular weight excluding hydrogens is 236 g/mol. The van der Waals surface area contributed by atoms with E-state index >= 15 is 0 Å². The molecule has 1 aromatic heterocycles. The lowest BCUT2D eigenvalue weighted by molar-refractivity contribution is 0.0746. The number of aromatic nitrogens is 2. The van der Waals surface area contributed by atoms with E-state index in [-0.39, 0.29) is 5.91 Å². The first kappa shape index (κ1) is 12.3. The first-order chi connectivity index (χ1) is 8.68. The van der Waals surface area contributed by atoms with Crippen molar-refractivity contribution in [2.45, 2.75) is 25.4 Å². The minimum Gasteiger partial charge on any atom is -0.465 e. The smallest absolute Gasteiger partial charge is 0.408 e. The fraction of sp³-hybridized carbons (Fsp3) is 0.455. The fourth-order valence-corrected chi connectivity index (χ4v) is 1.96. The van der Waals surface area contributed by atoms with Gasteiger partial charge >= 0.3 is 6.09 Å². The van der Waals surface area contributed by atoms with Crippen LogP contribution in [-0.4, -0.2) is 44.7 Å². The zero-order valence-corrected chi connectivity index (χ0v) is 9.74. The van der Waals surface area contributed by atoms with Crippen LogP contribution in [0.2, 0.25) is 0 Å². The predicted octanol–water partition coefficient (Wildman–Crippen LogP) is 0.696. The van der Waals surface area contributed by atoms with Crippen LogP contribution in [0.4, 0.5) is 4.79 Å². The molecular formula is C11H14N4O3. The van der Waals surface area contributed by atoms with Gasteiger partial charge in [-0.3, -0.25) is 9.69 Å². The molecule has 2 amide bonds. The molecule has 0 aromatic carbocycles. The third-order valence-electron chi connectivity index (χ3n) is 2.87. The normalized spacial score (nSPS) is 19.3. The first-order valence-electron chi connectivity index (χ1n) is 5.74. The average Bonchev–Trinajstić information content (AvgIpc) is 2.40. The van der Waals surface area contributed by atoms with Crippen molar-refractivity contribution in [1.82, 2.24) is 20.2 Å². The van der Waals surface area contributed by atoms with Crippen molar-refractivity contribution in [2.24, 2.45) is 0 Å². The molecule has 0 aliphatic carbocycles. The second-order valence-electron chi connectivity index (χ2n) is 4.09. The standard InChI is InChI=1S/C11H14N4O3/c16-10(8-5-12-7-13-6-8)14-9-3-1-2-4-15(9)11(17)18/h5-7,9H,1-4H2,(H,14,16)(H,17,18). The minimum absolute atomic E-state index is 0.327. The quantitative estimate of drug-likeness (QED) is 0.805. The Morgan fingerprint density at radius 3 is 2.72 bits per heavy atom. The van der Waals surface area contributed by atoms with Gasteiger partial charge < -0.3 is 10.4 Å². The highest BCUT2D eigenvalue weighted by atomic mass is 16.4. The Balaban J connectivity index is 2.03. The molecule has 7 nitrogen and oxygen atoms in total. The van der Waals surface area contributed by atoms with Crippen LogP contribution in [0, 0.1) is 0 Å². The van der Waals surface area contributed by atoms with E-state index in [1.165, 1.54) is 23.6 Å². The zero-order valence-electron chi connectivity index (χ0n) is 9.74. The highest BCUT2D eigenvalue weighted by Crippen LogP contribution is 2.15. The van der Waals surface area contributed by atoms with E-state index in [4.69, 9.17) is 5.11 Å². The molecule has 2 N–H and O–H groups in total. The van der Waals surface area contributed by atoms with Crippen LogP contribution in [0.3, 0.4) is 0 Å². The van der Waals surface area contributed by atoms with Gasteiger partial charge in [-0.15, -0.1) is 0 Å². The molecule has 1 atom stereocenters. The van der Waals surface area contributed by atoms with Gasteiger partial charge in [0, 0.05) is 18.9 Å². The Kier molecular flexibility index (Phi) is 3.71. The number of likely N-dealkylation sites (tertiary alicyclic amines) is 1. The van der Waals surface area contributed by atoms with E-state index in [1.807, 2.05) is 0 Å². The molecule has 2 rings (SSSR count). The number of carbonyl (C=O) groups excluding carboxylic acids is 1. The first-order valence-corrected chi connectivity index (χ1v) is 5.74. The number of rotatable bonds is 2. The van der Waals surface area contributed by atoms with Crippen molar-refractivity contribution < 1.29 is 14.7 Å². The summed E-state index contributed by atoms with van der Waals surface area (Å²) in [6.45, 7) is 0.450. The Morgan fingerprint density at radius 1 is 1.33 bits per heavy atom. The lowest BCUT2D eigenvalue weighted by Crippen LogP contribution is -2.52. The molecule has 0 bridgehead atoms. The number of nitrogens with one attached hydrogen (secondary N) is 1. The van der Waals surface area contributed by atoms with Gasteiger partial charge in [-0.05, 0) is 19.3 Å². The molecule has 0 spiro atoms. The topological polar surface area (TPSA) is 95.4 Å². The molecule has 1 aliphatic heterocycles. The van der Waals surface area contributed by atoms with Crippen LogP contribution >= 0.6 is 0 Å². The van der Waals surface area contributed by atoms with E-state index in [0.29, 0.717) is 18.5 Å². The van der Waals surface area contributed by atoms with Crippen LogP contribution in [0.25, 0.3) is 0 Å². The number of nitrogens with zero attached hydrogens (tertiary/aromatic N) is 3. The number of amides is 2. The summed E-state index contributed by atoms with van der Waals surface area (Å²) < 4.78 is 0. The lowest BCUT2D eigenvalue weighted by Gasteiger charge is -2.33. The van der Waals surface area contributed by atoms with Gasteiger partial charge in [-0.1, -0.05) is 0 Å². The SMILES string of the molecule is O=C(NC1CCCCN1C(=O)O)c1cncnc1. The summed E-state index contributed by atoms with van der Waals surface area (Å²) in [7, 11) is 0. The second-order valence-corrected chi connectivity index (χ2v) is 4.09. The third kappa shape index (κ3) is 2.73. The van der Waals surface area contributed by atoms with Crippen LogP contribution < -0.4 is 5.32 Å². The summed E-state index contributed by atoms with van der Waals surface area (Å²) in [5.41, 5.74) is 0.327. The molecule has 1 aromatic rings. The maximum Gasteiger partial charge on any atom is 0.408 e. The van der Waals surface area contributed by atoms with E-state index < -0.39 is 12.3 Å². The number of piperidine rings is 1. The number of carboxylic acid groups (broad SMARTS) is 1. The van der Waals surface area contributed by atoms with Gasteiger partial charge in [0.05, 0.1) is 5.56 Å². The van der Waals surface area contributed by atoms with Gasteiger partial charge in [0.1, 0.15) is 12.5 Å². The summed E-state index contributed by atoms with van der Waals surface area (Å²) in [4.78, 5) is 31.7. The largest absolute Gasteiger partial charge is 0.465 e. The van der Waals surface area contributed by atoms with Crippen LogP contribution in [0.15, 0.2) is 18.7 Å². The van der Waals surface area contributed by atoms with Crippen molar-refractivity contribution in [1.29, 1.82) is 0 Å². The van der Waals surface area contributed by atoms with Crippen LogP contribution in [0.1, 0.15) is 29.6 Å². The van der Waals surface area contributed by atoms with Crippen molar-refractivity contribution in [2.75, 3.05) is 6.54 Å². The summed E-state index contributed by atoms with van der Waals surface area (Å²) in [5.74, 6) is -0.353. The maximum atomic E-state index is 11.9. The molecule has 1 unspecified atom stereocenters. The Bertz CT molecular complexity index is 437. The molecule has 96 valence electrons. The van der Waals surface area contributed by atoms with E-state index in [2.05, 4.69) is 15.3 Å². The number of hydrogen-bond acceptors (Lipinski definition) is 4. The van der Waals surface area contributed by atoms with Crippen LogP contribution in [-0.2, 0) is 0 Å². The molecule has 1 fully saturated rings. The highest BCUT2D eigenvalue weighted by molar-refractivity contribution is 5.93. The van der Waals surface area contributed by atoms with Crippen LogP contribution in [0.5, 0.6) is 0 Å². The van der Waals surface area contributed by atoms with Crippen molar-refractivity contribution in [3.63, 3.8) is 0 Å². The summed E-state index contributed by atoms with van der Waals surface area (Å²) in [5, 5.41) is 11.7. The molecule has 2 heterocycles. The van der Waals surface area contributed by atoms with E-state index in [0.717, 1.165) is 12.8 Å². The molecule has 0 radical (unpaired) electrons. The summed E-state index contributed by atoms with van der Waals surface area (Å²) in [6.07, 6.45) is 5.01. The van der Waals surface area contributed by atoms with E-state index in [1.54, 1.807) is 0 Å². The van der Waals surface area contributed by atoms with E-state index in [9.17, 15) is 9.59 Å². The van der Waals surface area contributed by atoms with Gasteiger partial charge in [0.15, 0.2) is 0 Å². The number of hydrogen-bond donors (Lipinski definition) is 2. The van der Waals surface area contributed by atoms with Crippen molar-refractivity contribution in [3.8, 4) is 0 Å². The number of carbonyl (C=O) groups is 2. The Morgan fingerprint density at radius 2 is 2.06 bits per heavy atom. The monoisotopic (exact) mass is 250 g/mol. The average molecular weight is 250 g/mol. The van der Waals surface area contributed by atoms with Gasteiger partial charge in [0.2, 0.25) is 0 Å². The van der Waals surface area contributed by atoms with Gasteiger partial charge in [0.25, 0.3) is 5.91 Å². The molecule has 7 heteroatoms. The molecule has 18 heavy (non-hydrogen) atoms. The molecule has 1 saturated heterocycles. The predicted molar refractivity (Wildman–Crippen MR) is 61.9 cm³/mol. The Labute approximate surface area is 104 Å². The van der Waals surface area contributed by atoms with Crippen molar-refractivity contribution in [3.05, 3.63) is 24.3 Å².